The lowest BCUT2D eigenvalue weighted by Crippen LogP contribution is -1.76. The fourth-order valence-electron chi connectivity index (χ4n) is 1.57. The maximum atomic E-state index is 4.22. The van der Waals surface area contributed by atoms with Crippen molar-refractivity contribution in [2.24, 2.45) is 0 Å². The summed E-state index contributed by atoms with van der Waals surface area (Å²) in [5.74, 6) is 0. The van der Waals surface area contributed by atoms with Crippen LogP contribution in [0.1, 0.15) is 0 Å². The molecule has 0 spiro atoms. The van der Waals surface area contributed by atoms with Crippen molar-refractivity contribution in [2.75, 3.05) is 0 Å². The summed E-state index contributed by atoms with van der Waals surface area (Å²) in [5, 5.41) is 10.3. The van der Waals surface area contributed by atoms with Gasteiger partial charge in [-0.2, -0.15) is 0 Å². The molecule has 0 atom stereocenters. The van der Waals surface area contributed by atoms with Gasteiger partial charge in [0.25, 0.3) is 0 Å². The van der Waals surface area contributed by atoms with Gasteiger partial charge in [0, 0.05) is 11.1 Å². The van der Waals surface area contributed by atoms with Crippen LogP contribution in [0.15, 0.2) is 54.6 Å². The largest absolute Gasteiger partial charge is 0.148 e. The molecular weight excluding hydrogens is 228 g/mol. The van der Waals surface area contributed by atoms with Crippen molar-refractivity contribution in [3.8, 4) is 21.1 Å². The highest BCUT2D eigenvalue weighted by Gasteiger charge is 2.07. The number of benzene rings is 2. The highest BCUT2D eigenvalue weighted by molar-refractivity contribution is 7.17. The van der Waals surface area contributed by atoms with Crippen molar-refractivity contribution in [2.45, 2.75) is 0 Å². The topological polar surface area (TPSA) is 25.8 Å². The Labute approximate surface area is 104 Å². The average Bonchev–Trinajstić information content (AvgIpc) is 2.90. The van der Waals surface area contributed by atoms with Gasteiger partial charge in [-0.1, -0.05) is 65.9 Å². The molecule has 0 bridgehead atoms. The van der Waals surface area contributed by atoms with E-state index in [1.807, 2.05) is 54.6 Å². The van der Waals surface area contributed by atoms with E-state index in [1.165, 1.54) is 0 Å². The number of nitrogens with zero attached hydrogens (tertiary/aromatic N) is 2. The predicted molar refractivity (Wildman–Crippen MR) is 69.6 cm³/mol. The van der Waals surface area contributed by atoms with E-state index in [0.717, 1.165) is 21.1 Å². The van der Waals surface area contributed by atoms with Gasteiger partial charge in [-0.15, -0.1) is 10.2 Å². The van der Waals surface area contributed by atoms with Crippen molar-refractivity contribution in [1.29, 1.82) is 0 Å². The maximum absolute atomic E-state index is 4.22. The summed E-state index contributed by atoms with van der Waals surface area (Å²) in [6.45, 7) is 0. The van der Waals surface area contributed by atoms with Crippen LogP contribution in [0, 0.1) is 6.07 Å². The summed E-state index contributed by atoms with van der Waals surface area (Å²) < 4.78 is 0. The molecule has 17 heavy (non-hydrogen) atoms. The van der Waals surface area contributed by atoms with Crippen molar-refractivity contribution in [1.82, 2.24) is 10.2 Å². The molecule has 1 radical (unpaired) electrons. The molecule has 2 nitrogen and oxygen atoms in total. The lowest BCUT2D eigenvalue weighted by atomic mass is 10.2. The Morgan fingerprint density at radius 3 is 2.00 bits per heavy atom. The van der Waals surface area contributed by atoms with Gasteiger partial charge in [0.05, 0.1) is 0 Å². The van der Waals surface area contributed by atoms with Gasteiger partial charge in [0.1, 0.15) is 10.0 Å². The summed E-state index contributed by atoms with van der Waals surface area (Å²) >= 11 is 1.60. The Kier molecular flexibility index (Phi) is 2.68. The van der Waals surface area contributed by atoms with Gasteiger partial charge in [-0.3, -0.25) is 0 Å². The third-order valence-electron chi connectivity index (χ3n) is 2.41. The average molecular weight is 237 g/mol. The molecular formula is C14H9N2S. The van der Waals surface area contributed by atoms with Gasteiger partial charge in [0.15, 0.2) is 0 Å². The number of hydrogen-bond acceptors (Lipinski definition) is 3. The Balaban J connectivity index is 1.99. The third kappa shape index (κ3) is 2.10. The van der Waals surface area contributed by atoms with E-state index in [2.05, 4.69) is 16.3 Å². The minimum absolute atomic E-state index is 0.942. The smallest absolute Gasteiger partial charge is 0.138 e. The van der Waals surface area contributed by atoms with Crippen LogP contribution in [0.2, 0.25) is 0 Å². The van der Waals surface area contributed by atoms with E-state index in [9.17, 15) is 0 Å². The number of aromatic nitrogens is 2. The zero-order valence-electron chi connectivity index (χ0n) is 9.00. The monoisotopic (exact) mass is 237 g/mol. The molecule has 2 aromatic carbocycles. The Hall–Kier alpha value is -2.00. The van der Waals surface area contributed by atoms with Crippen LogP contribution in [0.5, 0.6) is 0 Å². The van der Waals surface area contributed by atoms with Crippen molar-refractivity contribution in [3.63, 3.8) is 0 Å². The maximum Gasteiger partial charge on any atom is 0.148 e. The normalized spacial score (nSPS) is 10.4. The van der Waals surface area contributed by atoms with E-state index in [1.54, 1.807) is 11.3 Å². The van der Waals surface area contributed by atoms with Gasteiger partial charge in [-0.05, 0) is 6.07 Å². The van der Waals surface area contributed by atoms with Crippen LogP contribution < -0.4 is 0 Å². The van der Waals surface area contributed by atoms with Crippen LogP contribution >= 0.6 is 11.3 Å². The molecule has 1 heterocycles. The zero-order chi connectivity index (χ0) is 11.5. The molecule has 0 saturated carbocycles. The molecule has 3 rings (SSSR count). The van der Waals surface area contributed by atoms with E-state index < -0.39 is 0 Å². The fourth-order valence-corrected chi connectivity index (χ4v) is 2.42. The molecule has 0 N–H and O–H groups in total. The predicted octanol–water partition coefficient (Wildman–Crippen LogP) is 3.67. The van der Waals surface area contributed by atoms with Crippen molar-refractivity contribution < 1.29 is 0 Å². The summed E-state index contributed by atoms with van der Waals surface area (Å²) in [4.78, 5) is 0. The van der Waals surface area contributed by atoms with Crippen molar-refractivity contribution >= 4 is 11.3 Å². The highest BCUT2D eigenvalue weighted by Crippen LogP contribution is 2.29. The molecule has 0 saturated heterocycles. The first-order valence-corrected chi connectivity index (χ1v) is 6.10. The molecule has 81 valence electrons. The lowest BCUT2D eigenvalue weighted by molar-refractivity contribution is 1.10. The van der Waals surface area contributed by atoms with Gasteiger partial charge >= 0.3 is 0 Å². The van der Waals surface area contributed by atoms with Crippen LogP contribution in [0.25, 0.3) is 21.1 Å². The molecule has 0 aliphatic rings. The lowest BCUT2D eigenvalue weighted by Gasteiger charge is -1.93. The number of rotatable bonds is 2. The highest BCUT2D eigenvalue weighted by atomic mass is 32.1. The second-order valence-electron chi connectivity index (χ2n) is 3.57. The SMILES string of the molecule is [c]1ccc(-c2nnc(-c3ccccc3)s2)cc1. The minimum Gasteiger partial charge on any atom is -0.138 e. The molecule has 0 amide bonds. The first kappa shape index (κ1) is 10.2. The molecule has 0 aliphatic carbocycles. The van der Waals surface area contributed by atoms with Gasteiger partial charge < -0.3 is 0 Å². The molecule has 3 aromatic rings. The summed E-state index contributed by atoms with van der Waals surface area (Å²) in [7, 11) is 0. The van der Waals surface area contributed by atoms with E-state index in [0.29, 0.717) is 0 Å². The Morgan fingerprint density at radius 2 is 1.35 bits per heavy atom. The molecule has 0 aliphatic heterocycles. The summed E-state index contributed by atoms with van der Waals surface area (Å²) in [6, 6.07) is 20.9. The molecule has 3 heteroatoms. The van der Waals surface area contributed by atoms with Gasteiger partial charge in [-0.25, -0.2) is 0 Å². The number of hydrogen-bond donors (Lipinski definition) is 0. The second kappa shape index (κ2) is 4.47. The Bertz CT molecular complexity index is 548. The van der Waals surface area contributed by atoms with Crippen LogP contribution in [-0.2, 0) is 0 Å². The standard InChI is InChI=1S/C14H9N2S/c1-3-7-11(8-4-1)13-15-16-14(17-13)12-9-5-2-6-10-12/h1,3-10H. The first-order chi connectivity index (χ1) is 8.43. The summed E-state index contributed by atoms with van der Waals surface area (Å²) in [6.07, 6.45) is 0. The third-order valence-corrected chi connectivity index (χ3v) is 3.43. The van der Waals surface area contributed by atoms with Crippen molar-refractivity contribution in [3.05, 3.63) is 60.7 Å². The quantitative estimate of drug-likeness (QED) is 0.679. The zero-order valence-corrected chi connectivity index (χ0v) is 9.82. The fraction of sp³-hybridized carbons (Fsp3) is 0. The minimum atomic E-state index is 0.942. The summed E-state index contributed by atoms with van der Waals surface area (Å²) in [5.41, 5.74) is 2.20. The Morgan fingerprint density at radius 1 is 0.765 bits per heavy atom. The second-order valence-corrected chi connectivity index (χ2v) is 4.54. The van der Waals surface area contributed by atoms with Crippen LogP contribution in [-0.4, -0.2) is 10.2 Å². The van der Waals surface area contributed by atoms with E-state index in [-0.39, 0.29) is 0 Å². The first-order valence-electron chi connectivity index (χ1n) is 5.29. The molecule has 1 aromatic heterocycles. The van der Waals surface area contributed by atoms with Crippen LogP contribution in [0.4, 0.5) is 0 Å². The van der Waals surface area contributed by atoms with E-state index >= 15 is 0 Å². The van der Waals surface area contributed by atoms with Gasteiger partial charge in [0.2, 0.25) is 0 Å². The van der Waals surface area contributed by atoms with E-state index in [4.69, 9.17) is 0 Å². The van der Waals surface area contributed by atoms with Crippen LogP contribution in [0.3, 0.4) is 0 Å². The molecule has 0 unspecified atom stereocenters. The molecule has 0 fully saturated rings.